The van der Waals surface area contributed by atoms with Crippen LogP contribution in [0.3, 0.4) is 0 Å². The van der Waals surface area contributed by atoms with E-state index in [4.69, 9.17) is 4.74 Å². The summed E-state index contributed by atoms with van der Waals surface area (Å²) in [6.07, 6.45) is 2.86. The quantitative estimate of drug-likeness (QED) is 0.604. The van der Waals surface area contributed by atoms with Gasteiger partial charge in [0.25, 0.3) is 5.91 Å². The minimum absolute atomic E-state index is 0.164. The van der Waals surface area contributed by atoms with E-state index in [1.807, 2.05) is 37.4 Å². The number of ether oxygens (including phenoxy) is 1. The molecule has 1 fully saturated rings. The number of H-pyrrole nitrogens is 1. The Kier molecular flexibility index (Phi) is 4.73. The number of rotatable bonds is 7. The fraction of sp³-hybridized carbons (Fsp3) is 0.412. The van der Waals surface area contributed by atoms with Crippen molar-refractivity contribution in [2.24, 2.45) is 0 Å². The number of nitrogens with zero attached hydrogens (tertiary/aromatic N) is 1. The van der Waals surface area contributed by atoms with Gasteiger partial charge in [-0.2, -0.15) is 0 Å². The lowest BCUT2D eigenvalue weighted by molar-refractivity contribution is -0.121. The molecular formula is C17H21N3O3. The van der Waals surface area contributed by atoms with E-state index in [1.54, 1.807) is 0 Å². The van der Waals surface area contributed by atoms with Crippen molar-refractivity contribution in [3.63, 3.8) is 0 Å². The number of aromatic nitrogens is 1. The molecule has 6 nitrogen and oxygen atoms in total. The first-order valence-corrected chi connectivity index (χ1v) is 7.95. The number of carbonyl (C=O) groups is 2. The van der Waals surface area contributed by atoms with Crippen LogP contribution in [0.5, 0.6) is 0 Å². The molecule has 1 aliphatic rings. The van der Waals surface area contributed by atoms with Crippen molar-refractivity contribution in [3.8, 4) is 0 Å². The summed E-state index contributed by atoms with van der Waals surface area (Å²) in [5.41, 5.74) is 1.53. The Bertz CT molecular complexity index is 710. The molecule has 0 bridgehead atoms. The minimum atomic E-state index is -0.441. The Balaban J connectivity index is 1.66. The third-order valence-corrected chi connectivity index (χ3v) is 4.00. The molecule has 0 saturated carbocycles. The highest BCUT2D eigenvalue weighted by Crippen LogP contribution is 2.26. The topological polar surface area (TPSA) is 74.4 Å². The summed E-state index contributed by atoms with van der Waals surface area (Å²) in [5, 5.41) is 4.21. The standard InChI is InChI=1S/C17H21N3O3/c1-2-23-9-3-7-18-15-11-16(21)20(17(15)22)13-5-4-12-6-8-19-14(12)10-13/h4-6,8,10,15,18-19H,2-3,7,9,11H2,1H3. The molecule has 1 saturated heterocycles. The highest BCUT2D eigenvalue weighted by Gasteiger charge is 2.39. The highest BCUT2D eigenvalue weighted by atomic mass is 16.5. The first kappa shape index (κ1) is 15.7. The first-order valence-electron chi connectivity index (χ1n) is 7.95. The third-order valence-electron chi connectivity index (χ3n) is 4.00. The maximum absolute atomic E-state index is 12.5. The van der Waals surface area contributed by atoms with Crippen LogP contribution in [0, 0.1) is 0 Å². The fourth-order valence-corrected chi connectivity index (χ4v) is 2.83. The molecule has 1 atom stereocenters. The Morgan fingerprint density at radius 1 is 1.35 bits per heavy atom. The first-order chi connectivity index (χ1) is 11.2. The van der Waals surface area contributed by atoms with Gasteiger partial charge in [-0.05, 0) is 43.5 Å². The van der Waals surface area contributed by atoms with Crippen LogP contribution in [0.1, 0.15) is 19.8 Å². The number of hydrogen-bond acceptors (Lipinski definition) is 4. The number of aromatic amines is 1. The van der Waals surface area contributed by atoms with Gasteiger partial charge in [0, 0.05) is 24.9 Å². The third kappa shape index (κ3) is 3.28. The van der Waals surface area contributed by atoms with Crippen molar-refractivity contribution in [2.75, 3.05) is 24.7 Å². The summed E-state index contributed by atoms with van der Waals surface area (Å²) in [5.74, 6) is -0.347. The lowest BCUT2D eigenvalue weighted by atomic mass is 10.2. The van der Waals surface area contributed by atoms with Gasteiger partial charge < -0.3 is 15.0 Å². The van der Waals surface area contributed by atoms with Crippen LogP contribution in [0.2, 0.25) is 0 Å². The molecule has 2 N–H and O–H groups in total. The van der Waals surface area contributed by atoms with Crippen LogP contribution in [-0.2, 0) is 14.3 Å². The van der Waals surface area contributed by atoms with Gasteiger partial charge >= 0.3 is 0 Å². The zero-order chi connectivity index (χ0) is 16.2. The number of imide groups is 1. The van der Waals surface area contributed by atoms with Crippen LogP contribution in [0.4, 0.5) is 5.69 Å². The average molecular weight is 315 g/mol. The van der Waals surface area contributed by atoms with Crippen LogP contribution in [0.25, 0.3) is 10.9 Å². The Labute approximate surface area is 134 Å². The highest BCUT2D eigenvalue weighted by molar-refractivity contribution is 6.22. The van der Waals surface area contributed by atoms with Gasteiger partial charge in [0.05, 0.1) is 18.2 Å². The van der Waals surface area contributed by atoms with Crippen molar-refractivity contribution in [1.82, 2.24) is 10.3 Å². The normalized spacial score (nSPS) is 18.3. The van der Waals surface area contributed by atoms with E-state index in [0.717, 1.165) is 17.3 Å². The van der Waals surface area contributed by atoms with Gasteiger partial charge in [0.1, 0.15) is 0 Å². The smallest absolute Gasteiger partial charge is 0.251 e. The van der Waals surface area contributed by atoms with Crippen LogP contribution in [-0.4, -0.2) is 42.6 Å². The van der Waals surface area contributed by atoms with Crippen LogP contribution < -0.4 is 10.2 Å². The van der Waals surface area contributed by atoms with Gasteiger partial charge in [0.2, 0.25) is 5.91 Å². The molecule has 0 aliphatic carbocycles. The number of anilines is 1. The van der Waals surface area contributed by atoms with Crippen molar-refractivity contribution in [2.45, 2.75) is 25.8 Å². The van der Waals surface area contributed by atoms with Crippen molar-refractivity contribution >= 4 is 28.4 Å². The summed E-state index contributed by atoms with van der Waals surface area (Å²) < 4.78 is 5.26. The van der Waals surface area contributed by atoms with Crippen molar-refractivity contribution in [3.05, 3.63) is 30.5 Å². The molecule has 23 heavy (non-hydrogen) atoms. The van der Waals surface area contributed by atoms with Gasteiger partial charge in [-0.3, -0.25) is 9.59 Å². The Morgan fingerprint density at radius 2 is 2.22 bits per heavy atom. The van der Waals surface area contributed by atoms with Gasteiger partial charge in [-0.1, -0.05) is 6.07 Å². The summed E-state index contributed by atoms with van der Waals surface area (Å²) in [7, 11) is 0. The zero-order valence-electron chi connectivity index (χ0n) is 13.2. The molecule has 2 aromatic rings. The summed E-state index contributed by atoms with van der Waals surface area (Å²) in [6, 6.07) is 7.06. The number of fused-ring (bicyclic) bond motifs is 1. The minimum Gasteiger partial charge on any atom is -0.382 e. The second-order valence-corrected chi connectivity index (χ2v) is 5.58. The molecule has 1 aromatic heterocycles. The second kappa shape index (κ2) is 6.93. The van der Waals surface area contributed by atoms with E-state index < -0.39 is 6.04 Å². The second-order valence-electron chi connectivity index (χ2n) is 5.58. The molecule has 2 amide bonds. The van der Waals surface area contributed by atoms with Gasteiger partial charge in [-0.25, -0.2) is 4.90 Å². The molecule has 122 valence electrons. The van der Waals surface area contributed by atoms with E-state index >= 15 is 0 Å². The molecule has 0 radical (unpaired) electrons. The Hall–Kier alpha value is -2.18. The van der Waals surface area contributed by atoms with Crippen LogP contribution >= 0.6 is 0 Å². The predicted molar refractivity (Wildman–Crippen MR) is 88.3 cm³/mol. The van der Waals surface area contributed by atoms with Gasteiger partial charge in [-0.15, -0.1) is 0 Å². The number of carbonyl (C=O) groups excluding carboxylic acids is 2. The molecule has 0 spiro atoms. The molecular weight excluding hydrogens is 294 g/mol. The lowest BCUT2D eigenvalue weighted by Crippen LogP contribution is -2.39. The van der Waals surface area contributed by atoms with E-state index in [2.05, 4.69) is 10.3 Å². The number of benzene rings is 1. The predicted octanol–water partition coefficient (Wildman–Crippen LogP) is 1.82. The zero-order valence-corrected chi connectivity index (χ0v) is 13.2. The molecule has 2 heterocycles. The Morgan fingerprint density at radius 3 is 3.04 bits per heavy atom. The number of nitrogens with one attached hydrogen (secondary N) is 2. The average Bonchev–Trinajstić information content (AvgIpc) is 3.11. The maximum atomic E-state index is 12.5. The van der Waals surface area contributed by atoms with Crippen LogP contribution in [0.15, 0.2) is 30.5 Å². The largest absolute Gasteiger partial charge is 0.382 e. The van der Waals surface area contributed by atoms with E-state index in [0.29, 0.717) is 25.4 Å². The fourth-order valence-electron chi connectivity index (χ4n) is 2.83. The van der Waals surface area contributed by atoms with E-state index in [9.17, 15) is 9.59 Å². The molecule has 1 aromatic carbocycles. The lowest BCUT2D eigenvalue weighted by Gasteiger charge is -2.15. The molecule has 6 heteroatoms. The molecule has 1 aliphatic heterocycles. The monoisotopic (exact) mass is 315 g/mol. The van der Waals surface area contributed by atoms with Crippen molar-refractivity contribution < 1.29 is 14.3 Å². The number of amides is 2. The van der Waals surface area contributed by atoms with E-state index in [1.165, 1.54) is 4.90 Å². The maximum Gasteiger partial charge on any atom is 0.251 e. The molecule has 3 rings (SSSR count). The van der Waals surface area contributed by atoms with Gasteiger partial charge in [0.15, 0.2) is 0 Å². The van der Waals surface area contributed by atoms with Crippen molar-refractivity contribution in [1.29, 1.82) is 0 Å². The summed E-state index contributed by atoms with van der Waals surface area (Å²) in [6.45, 7) is 3.96. The SMILES string of the molecule is CCOCCCNC1CC(=O)N(c2ccc3cc[nH]c3c2)C1=O. The summed E-state index contributed by atoms with van der Waals surface area (Å²) >= 11 is 0. The molecule has 1 unspecified atom stereocenters. The summed E-state index contributed by atoms with van der Waals surface area (Å²) in [4.78, 5) is 29.1. The number of hydrogen-bond donors (Lipinski definition) is 2. The van der Waals surface area contributed by atoms with E-state index in [-0.39, 0.29) is 18.2 Å².